The zero-order valence-electron chi connectivity index (χ0n) is 20.6. The van der Waals surface area contributed by atoms with Crippen molar-refractivity contribution in [1.82, 2.24) is 0 Å². The molecule has 3 aromatic rings. The molecule has 0 heterocycles. The van der Waals surface area contributed by atoms with Gasteiger partial charge in [-0.1, -0.05) is 12.1 Å². The maximum Gasteiger partial charge on any atom is 0.261 e. The Morgan fingerprint density at radius 2 is 1.53 bits per heavy atom. The highest BCUT2D eigenvalue weighted by atomic mass is 32.2. The molecule has 0 aromatic heterocycles. The van der Waals surface area contributed by atoms with Crippen molar-refractivity contribution in [1.29, 1.82) is 0 Å². The van der Waals surface area contributed by atoms with Gasteiger partial charge in [0.1, 0.15) is 11.8 Å². The third-order valence-corrected chi connectivity index (χ3v) is 8.11. The van der Waals surface area contributed by atoms with E-state index in [1.54, 1.807) is 30.3 Å². The van der Waals surface area contributed by atoms with Crippen molar-refractivity contribution in [3.05, 3.63) is 77.9 Å². The number of hydrogen-bond donors (Lipinski definition) is 2. The first-order chi connectivity index (χ1) is 16.8. The van der Waals surface area contributed by atoms with Gasteiger partial charge in [0.05, 0.1) is 29.6 Å². The van der Waals surface area contributed by atoms with Crippen molar-refractivity contribution in [2.24, 2.45) is 0 Å². The predicted octanol–water partition coefficient (Wildman–Crippen LogP) is 3.91. The quantitative estimate of drug-likeness (QED) is 0.432. The Labute approximate surface area is 212 Å². The van der Waals surface area contributed by atoms with Gasteiger partial charge in [0.15, 0.2) is 0 Å². The number of nitrogens with one attached hydrogen (secondary N) is 2. The Morgan fingerprint density at radius 1 is 0.917 bits per heavy atom. The van der Waals surface area contributed by atoms with Crippen molar-refractivity contribution in [2.75, 3.05) is 27.7 Å². The summed E-state index contributed by atoms with van der Waals surface area (Å²) in [5, 5.41) is 2.65. The standard InChI is InChI=1S/C25H29N3O6S2/c1-17-6-7-18(2)24(16-17)27-36(32,33)23-14-8-20(9-15-23)26-25(29)19(3)28(35(5,30)31)21-10-12-22(34-4)13-11-21/h6-16,19,27H,1-5H3,(H,26,29)/t19-/m0/s1. The summed E-state index contributed by atoms with van der Waals surface area (Å²) in [6.45, 7) is 5.14. The lowest BCUT2D eigenvalue weighted by molar-refractivity contribution is -0.116. The number of carbonyl (C=O) groups is 1. The molecule has 36 heavy (non-hydrogen) atoms. The molecule has 9 nitrogen and oxygen atoms in total. The number of benzene rings is 3. The zero-order valence-corrected chi connectivity index (χ0v) is 22.3. The molecule has 1 atom stereocenters. The number of carbonyl (C=O) groups excluding carboxylic acids is 1. The molecule has 3 aromatic carbocycles. The van der Waals surface area contributed by atoms with E-state index >= 15 is 0 Å². The van der Waals surface area contributed by atoms with Gasteiger partial charge >= 0.3 is 0 Å². The summed E-state index contributed by atoms with van der Waals surface area (Å²) in [4.78, 5) is 12.9. The molecule has 0 spiro atoms. The van der Waals surface area contributed by atoms with Gasteiger partial charge < -0.3 is 10.1 Å². The molecule has 192 valence electrons. The van der Waals surface area contributed by atoms with Crippen LogP contribution in [0.1, 0.15) is 18.1 Å². The normalized spacial score (nSPS) is 12.5. The summed E-state index contributed by atoms with van der Waals surface area (Å²) in [5.74, 6) is -0.0354. The minimum Gasteiger partial charge on any atom is -0.497 e. The van der Waals surface area contributed by atoms with Crippen LogP contribution < -0.4 is 19.1 Å². The smallest absolute Gasteiger partial charge is 0.261 e. The largest absolute Gasteiger partial charge is 0.497 e. The van der Waals surface area contributed by atoms with Crippen LogP contribution in [-0.2, 0) is 24.8 Å². The first-order valence-corrected chi connectivity index (χ1v) is 14.3. The van der Waals surface area contributed by atoms with E-state index in [1.165, 1.54) is 38.3 Å². The minimum absolute atomic E-state index is 0.0189. The molecule has 0 radical (unpaired) electrons. The van der Waals surface area contributed by atoms with Crippen molar-refractivity contribution in [3.8, 4) is 5.75 Å². The van der Waals surface area contributed by atoms with Crippen LogP contribution >= 0.6 is 0 Å². The molecular formula is C25H29N3O6S2. The summed E-state index contributed by atoms with van der Waals surface area (Å²) in [6.07, 6.45) is 1.02. The molecule has 0 saturated carbocycles. The van der Waals surface area contributed by atoms with E-state index in [4.69, 9.17) is 4.74 Å². The van der Waals surface area contributed by atoms with E-state index in [0.29, 0.717) is 22.8 Å². The molecule has 0 unspecified atom stereocenters. The van der Waals surface area contributed by atoms with E-state index in [9.17, 15) is 21.6 Å². The molecule has 0 bridgehead atoms. The number of hydrogen-bond acceptors (Lipinski definition) is 6. The van der Waals surface area contributed by atoms with Crippen LogP contribution in [0, 0.1) is 13.8 Å². The number of nitrogens with zero attached hydrogens (tertiary/aromatic N) is 1. The van der Waals surface area contributed by atoms with E-state index in [1.807, 2.05) is 26.0 Å². The zero-order chi connectivity index (χ0) is 26.7. The van der Waals surface area contributed by atoms with Crippen molar-refractivity contribution in [3.63, 3.8) is 0 Å². The van der Waals surface area contributed by atoms with Crippen molar-refractivity contribution in [2.45, 2.75) is 31.7 Å². The summed E-state index contributed by atoms with van der Waals surface area (Å²) >= 11 is 0. The van der Waals surface area contributed by atoms with Crippen LogP contribution in [0.3, 0.4) is 0 Å². The maximum atomic E-state index is 12.9. The van der Waals surface area contributed by atoms with E-state index in [0.717, 1.165) is 21.7 Å². The number of sulfonamides is 2. The molecule has 0 aliphatic rings. The Morgan fingerprint density at radius 3 is 2.08 bits per heavy atom. The molecule has 0 fully saturated rings. The lowest BCUT2D eigenvalue weighted by atomic mass is 10.1. The highest BCUT2D eigenvalue weighted by Gasteiger charge is 2.29. The molecule has 3 rings (SSSR count). The summed E-state index contributed by atoms with van der Waals surface area (Å²) in [7, 11) is -6.15. The van der Waals surface area contributed by atoms with Crippen LogP contribution in [0.5, 0.6) is 5.75 Å². The van der Waals surface area contributed by atoms with Gasteiger partial charge in [0.25, 0.3) is 10.0 Å². The fourth-order valence-electron chi connectivity index (χ4n) is 3.55. The average molecular weight is 532 g/mol. The monoisotopic (exact) mass is 531 g/mol. The number of ether oxygens (including phenoxy) is 1. The molecule has 0 aliphatic carbocycles. The second-order valence-electron chi connectivity index (χ2n) is 8.37. The molecule has 11 heteroatoms. The van der Waals surface area contributed by atoms with Gasteiger partial charge in [-0.25, -0.2) is 16.8 Å². The number of aryl methyl sites for hydroxylation is 2. The third-order valence-electron chi connectivity index (χ3n) is 5.48. The molecule has 0 aliphatic heterocycles. The fraction of sp³-hybridized carbons (Fsp3) is 0.240. The van der Waals surface area contributed by atoms with Gasteiger partial charge in [-0.15, -0.1) is 0 Å². The fourth-order valence-corrected chi connectivity index (χ4v) is 5.85. The van der Waals surface area contributed by atoms with Crippen molar-refractivity contribution < 1.29 is 26.4 Å². The molecular weight excluding hydrogens is 502 g/mol. The van der Waals surface area contributed by atoms with Gasteiger partial charge in [-0.3, -0.25) is 13.8 Å². The van der Waals surface area contributed by atoms with E-state index in [-0.39, 0.29) is 4.90 Å². The first kappa shape index (κ1) is 27.0. The van der Waals surface area contributed by atoms with E-state index in [2.05, 4.69) is 10.0 Å². The SMILES string of the molecule is COc1ccc(N([C@@H](C)C(=O)Nc2ccc(S(=O)(=O)Nc3cc(C)ccc3C)cc2)S(C)(=O)=O)cc1. The molecule has 2 N–H and O–H groups in total. The lowest BCUT2D eigenvalue weighted by Crippen LogP contribution is -2.45. The first-order valence-electron chi connectivity index (χ1n) is 11.0. The van der Waals surface area contributed by atoms with Gasteiger partial charge in [0.2, 0.25) is 15.9 Å². The Hall–Kier alpha value is -3.57. The van der Waals surface area contributed by atoms with Gasteiger partial charge in [-0.2, -0.15) is 0 Å². The number of methoxy groups -OCH3 is 1. The lowest BCUT2D eigenvalue weighted by Gasteiger charge is -2.28. The second-order valence-corrected chi connectivity index (χ2v) is 11.9. The highest BCUT2D eigenvalue weighted by molar-refractivity contribution is 7.92. The summed E-state index contributed by atoms with van der Waals surface area (Å²) in [5.41, 5.74) is 2.82. The summed E-state index contributed by atoms with van der Waals surface area (Å²) < 4.78 is 59.3. The molecule has 0 saturated heterocycles. The van der Waals surface area contributed by atoms with Gasteiger partial charge in [0, 0.05) is 5.69 Å². The van der Waals surface area contributed by atoms with E-state index < -0.39 is 32.0 Å². The van der Waals surface area contributed by atoms with Crippen molar-refractivity contribution >= 4 is 43.0 Å². The number of rotatable bonds is 9. The summed E-state index contributed by atoms with van der Waals surface area (Å²) in [6, 6.07) is 16.3. The van der Waals surface area contributed by atoms with Crippen LogP contribution in [0.4, 0.5) is 17.1 Å². The average Bonchev–Trinajstić information content (AvgIpc) is 2.81. The second kappa shape index (κ2) is 10.6. The Bertz CT molecular complexity index is 1450. The number of anilines is 3. The van der Waals surface area contributed by atoms with Crippen LogP contribution in [0.2, 0.25) is 0 Å². The van der Waals surface area contributed by atoms with Gasteiger partial charge in [-0.05, 0) is 86.5 Å². The predicted molar refractivity (Wildman–Crippen MR) is 142 cm³/mol. The maximum absolute atomic E-state index is 12.9. The van der Waals surface area contributed by atoms with Crippen LogP contribution in [0.25, 0.3) is 0 Å². The minimum atomic E-state index is -3.85. The highest BCUT2D eigenvalue weighted by Crippen LogP contribution is 2.25. The van der Waals surface area contributed by atoms with Crippen LogP contribution in [-0.4, -0.2) is 42.2 Å². The molecule has 1 amide bonds. The Balaban J connectivity index is 1.77. The van der Waals surface area contributed by atoms with Crippen LogP contribution in [0.15, 0.2) is 71.6 Å². The topological polar surface area (TPSA) is 122 Å². The number of amides is 1. The third kappa shape index (κ3) is 6.35. The Kier molecular flexibility index (Phi) is 7.95.